The zero-order valence-corrected chi connectivity index (χ0v) is 11.4. The molecule has 3 atom stereocenters. The number of phenols is 1. The Morgan fingerprint density at radius 1 is 1.30 bits per heavy atom. The highest BCUT2D eigenvalue weighted by Gasteiger charge is 2.43. The van der Waals surface area contributed by atoms with Crippen LogP contribution in [0.15, 0.2) is 22.7 Å². The molecule has 3 unspecified atom stereocenters. The third-order valence-electron chi connectivity index (χ3n) is 4.06. The predicted molar refractivity (Wildman–Crippen MR) is 71.7 cm³/mol. The third kappa shape index (κ3) is 1.89. The molecule has 0 spiro atoms. The second kappa shape index (κ2) is 4.46. The summed E-state index contributed by atoms with van der Waals surface area (Å²) in [7, 11) is 0. The number of rotatable bonds is 2. The molecule has 1 aromatic heterocycles. The summed E-state index contributed by atoms with van der Waals surface area (Å²) in [6.07, 6.45) is 3.70. The minimum absolute atomic E-state index is 0.118. The molecule has 2 aromatic rings. The van der Waals surface area contributed by atoms with Gasteiger partial charge >= 0.3 is 0 Å². The van der Waals surface area contributed by atoms with Gasteiger partial charge < -0.3 is 14.4 Å². The second-order valence-corrected chi connectivity index (χ2v) is 5.75. The maximum absolute atomic E-state index is 9.53. The Balaban J connectivity index is 1.66. The van der Waals surface area contributed by atoms with E-state index in [9.17, 15) is 5.11 Å². The first-order valence-corrected chi connectivity index (χ1v) is 7.06. The van der Waals surface area contributed by atoms with E-state index in [1.165, 1.54) is 12.1 Å². The molecule has 0 radical (unpaired) electrons. The first-order chi connectivity index (χ1) is 9.70. The highest BCUT2D eigenvalue weighted by atomic mass is 35.5. The van der Waals surface area contributed by atoms with Crippen LogP contribution in [0.3, 0.4) is 0 Å². The largest absolute Gasteiger partial charge is 0.508 e. The highest BCUT2D eigenvalue weighted by Crippen LogP contribution is 2.44. The van der Waals surface area contributed by atoms with Crippen LogP contribution < -0.4 is 0 Å². The van der Waals surface area contributed by atoms with Crippen molar-refractivity contribution in [3.63, 3.8) is 0 Å². The molecule has 4 rings (SSSR count). The number of aromatic hydroxyl groups is 1. The zero-order valence-electron chi connectivity index (χ0n) is 10.6. The Kier molecular flexibility index (Phi) is 2.72. The fourth-order valence-electron chi connectivity index (χ4n) is 3.08. The number of hydrogen-bond acceptors (Lipinski definition) is 5. The van der Waals surface area contributed by atoms with E-state index in [1.807, 2.05) is 0 Å². The molecule has 2 saturated heterocycles. The predicted octanol–water partition coefficient (Wildman–Crippen LogP) is 3.13. The zero-order chi connectivity index (χ0) is 13.7. The highest BCUT2D eigenvalue weighted by molar-refractivity contribution is 6.33. The average molecular weight is 293 g/mol. The smallest absolute Gasteiger partial charge is 0.259 e. The lowest BCUT2D eigenvalue weighted by Crippen LogP contribution is -2.15. The molecule has 1 aromatic carbocycles. The topological polar surface area (TPSA) is 68.4 Å². The van der Waals surface area contributed by atoms with E-state index in [4.69, 9.17) is 20.9 Å². The summed E-state index contributed by atoms with van der Waals surface area (Å²) >= 11 is 6.10. The summed E-state index contributed by atoms with van der Waals surface area (Å²) in [5.41, 5.74) is 0.550. The van der Waals surface area contributed by atoms with E-state index in [1.54, 1.807) is 6.07 Å². The van der Waals surface area contributed by atoms with Gasteiger partial charge in [0.05, 0.1) is 28.7 Å². The van der Waals surface area contributed by atoms with Crippen molar-refractivity contribution in [2.75, 3.05) is 0 Å². The van der Waals surface area contributed by atoms with Gasteiger partial charge in [-0.25, -0.2) is 0 Å². The standard InChI is InChI=1S/C14H13ClN2O3/c15-11-3-1-7(18)5-9(11)14-16-13(17-20-14)10-6-8-2-4-12(10)19-8/h1,3,5,8,10,12,18H,2,4,6H2. The SMILES string of the molecule is Oc1ccc(Cl)c(-c2nc(C3CC4CCC3O4)no2)c1. The molecule has 3 heterocycles. The van der Waals surface area contributed by atoms with Gasteiger partial charge in [-0.15, -0.1) is 0 Å². The number of nitrogens with zero attached hydrogens (tertiary/aromatic N) is 2. The fraction of sp³-hybridized carbons (Fsp3) is 0.429. The van der Waals surface area contributed by atoms with Gasteiger partial charge in [0.15, 0.2) is 5.82 Å². The normalized spacial score (nSPS) is 28.1. The molecular weight excluding hydrogens is 280 g/mol. The number of aromatic nitrogens is 2. The molecule has 2 fully saturated rings. The van der Waals surface area contributed by atoms with Crippen molar-refractivity contribution in [2.24, 2.45) is 0 Å². The fourth-order valence-corrected chi connectivity index (χ4v) is 3.28. The summed E-state index contributed by atoms with van der Waals surface area (Å²) in [5.74, 6) is 1.34. The van der Waals surface area contributed by atoms with Crippen LogP contribution >= 0.6 is 11.6 Å². The quantitative estimate of drug-likeness (QED) is 0.921. The van der Waals surface area contributed by atoms with Gasteiger partial charge in [0.25, 0.3) is 5.89 Å². The molecule has 2 aliphatic heterocycles. The van der Waals surface area contributed by atoms with Crippen LogP contribution in [0, 0.1) is 0 Å². The van der Waals surface area contributed by atoms with E-state index < -0.39 is 0 Å². The van der Waals surface area contributed by atoms with Crippen molar-refractivity contribution >= 4 is 11.6 Å². The number of hydrogen-bond donors (Lipinski definition) is 1. The average Bonchev–Trinajstić information content (AvgIpc) is 3.15. The molecule has 6 heteroatoms. The van der Waals surface area contributed by atoms with Crippen LogP contribution in [0.5, 0.6) is 5.75 Å². The third-order valence-corrected chi connectivity index (χ3v) is 4.39. The summed E-state index contributed by atoms with van der Waals surface area (Å²) < 4.78 is 11.1. The number of halogens is 1. The maximum Gasteiger partial charge on any atom is 0.259 e. The number of ether oxygens (including phenoxy) is 1. The van der Waals surface area contributed by atoms with E-state index >= 15 is 0 Å². The number of benzene rings is 1. The lowest BCUT2D eigenvalue weighted by molar-refractivity contribution is 0.0996. The number of fused-ring (bicyclic) bond motifs is 2. The van der Waals surface area contributed by atoms with Gasteiger partial charge in [-0.2, -0.15) is 4.98 Å². The van der Waals surface area contributed by atoms with Crippen LogP contribution in [-0.4, -0.2) is 27.5 Å². The Morgan fingerprint density at radius 3 is 2.95 bits per heavy atom. The van der Waals surface area contributed by atoms with E-state index in [2.05, 4.69) is 10.1 Å². The molecule has 104 valence electrons. The second-order valence-electron chi connectivity index (χ2n) is 5.34. The van der Waals surface area contributed by atoms with Gasteiger partial charge in [-0.3, -0.25) is 0 Å². The van der Waals surface area contributed by atoms with Crippen molar-refractivity contribution in [3.05, 3.63) is 29.0 Å². The number of phenolic OH excluding ortho intramolecular Hbond substituents is 1. The maximum atomic E-state index is 9.53. The van der Waals surface area contributed by atoms with Crippen molar-refractivity contribution in [1.82, 2.24) is 10.1 Å². The van der Waals surface area contributed by atoms with Crippen molar-refractivity contribution in [2.45, 2.75) is 37.4 Å². The van der Waals surface area contributed by atoms with Crippen LogP contribution in [0.1, 0.15) is 31.0 Å². The molecule has 0 amide bonds. The molecule has 2 aliphatic rings. The molecule has 20 heavy (non-hydrogen) atoms. The summed E-state index contributed by atoms with van der Waals surface area (Å²) in [6.45, 7) is 0. The first-order valence-electron chi connectivity index (χ1n) is 6.68. The van der Waals surface area contributed by atoms with Gasteiger partial charge in [0, 0.05) is 0 Å². The minimum atomic E-state index is 0.118. The van der Waals surface area contributed by atoms with Crippen molar-refractivity contribution in [1.29, 1.82) is 0 Å². The van der Waals surface area contributed by atoms with Crippen molar-refractivity contribution < 1.29 is 14.4 Å². The molecule has 0 saturated carbocycles. The Hall–Kier alpha value is -1.59. The lowest BCUT2D eigenvalue weighted by atomic mass is 9.89. The Labute approximate surface area is 120 Å². The van der Waals surface area contributed by atoms with E-state index in [0.29, 0.717) is 28.4 Å². The molecule has 0 aliphatic carbocycles. The first kappa shape index (κ1) is 12.2. The van der Waals surface area contributed by atoms with Crippen LogP contribution in [-0.2, 0) is 4.74 Å². The summed E-state index contributed by atoms with van der Waals surface area (Å²) in [4.78, 5) is 4.43. The molecular formula is C14H13ClN2O3. The molecule has 5 nitrogen and oxygen atoms in total. The van der Waals surface area contributed by atoms with Crippen molar-refractivity contribution in [3.8, 4) is 17.2 Å². The monoisotopic (exact) mass is 292 g/mol. The summed E-state index contributed by atoms with van der Waals surface area (Å²) in [5, 5.41) is 14.1. The van der Waals surface area contributed by atoms with Crippen LogP contribution in [0.25, 0.3) is 11.5 Å². The Bertz CT molecular complexity index is 658. The van der Waals surface area contributed by atoms with Gasteiger partial charge in [0.1, 0.15) is 5.75 Å². The van der Waals surface area contributed by atoms with Crippen LogP contribution in [0.4, 0.5) is 0 Å². The Morgan fingerprint density at radius 2 is 2.20 bits per heavy atom. The lowest BCUT2D eigenvalue weighted by Gasteiger charge is -2.13. The van der Waals surface area contributed by atoms with Gasteiger partial charge in [0.2, 0.25) is 0 Å². The van der Waals surface area contributed by atoms with E-state index in [-0.39, 0.29) is 17.8 Å². The van der Waals surface area contributed by atoms with Gasteiger partial charge in [-0.05, 0) is 37.5 Å². The molecule has 2 bridgehead atoms. The molecule has 1 N–H and O–H groups in total. The van der Waals surface area contributed by atoms with E-state index in [0.717, 1.165) is 19.3 Å². The minimum Gasteiger partial charge on any atom is -0.508 e. The summed E-state index contributed by atoms with van der Waals surface area (Å²) in [6, 6.07) is 4.65. The van der Waals surface area contributed by atoms with Gasteiger partial charge in [-0.1, -0.05) is 16.8 Å². The van der Waals surface area contributed by atoms with Crippen LogP contribution in [0.2, 0.25) is 5.02 Å².